The van der Waals surface area contributed by atoms with Gasteiger partial charge < -0.3 is 0 Å². The van der Waals surface area contributed by atoms with Crippen LogP contribution in [-0.4, -0.2) is 11.6 Å². The van der Waals surface area contributed by atoms with Gasteiger partial charge in [0, 0.05) is 6.42 Å². The lowest BCUT2D eigenvalue weighted by atomic mass is 9.82. The van der Waals surface area contributed by atoms with E-state index in [0.717, 1.165) is 12.8 Å². The third-order valence-electron chi connectivity index (χ3n) is 2.05. The average molecular weight is 184 g/mol. The molecule has 0 saturated heterocycles. The molecule has 0 aliphatic heterocycles. The van der Waals surface area contributed by atoms with Crippen LogP contribution in [0, 0.1) is 5.41 Å². The fraction of sp³-hybridized carbons (Fsp3) is 0.818. The van der Waals surface area contributed by atoms with Crippen molar-refractivity contribution in [2.75, 3.05) is 0 Å². The van der Waals surface area contributed by atoms with E-state index < -0.39 is 0 Å². The summed E-state index contributed by atoms with van der Waals surface area (Å²) in [5, 5.41) is 0. The highest BCUT2D eigenvalue weighted by atomic mass is 16.1. The number of Topliss-reactive ketones (excluding diaryl/α,β-unsaturated/α-hetero) is 2. The Morgan fingerprint density at radius 1 is 1.23 bits per heavy atom. The maximum Gasteiger partial charge on any atom is 0.140 e. The normalized spacial score (nSPS) is 11.4. The predicted molar refractivity (Wildman–Crippen MR) is 53.6 cm³/mol. The van der Waals surface area contributed by atoms with Crippen LogP contribution in [0.1, 0.15) is 53.4 Å². The molecule has 0 unspecified atom stereocenters. The number of ketones is 2. The molecule has 0 N–H and O–H groups in total. The predicted octanol–water partition coefficient (Wildman–Crippen LogP) is 2.75. The summed E-state index contributed by atoms with van der Waals surface area (Å²) < 4.78 is 0. The molecule has 0 amide bonds. The Labute approximate surface area is 80.7 Å². The van der Waals surface area contributed by atoms with Crippen LogP contribution in [0.15, 0.2) is 0 Å². The highest BCUT2D eigenvalue weighted by molar-refractivity contribution is 5.98. The van der Waals surface area contributed by atoms with Gasteiger partial charge >= 0.3 is 0 Å². The van der Waals surface area contributed by atoms with E-state index in [1.54, 1.807) is 0 Å². The van der Waals surface area contributed by atoms with Crippen LogP contribution < -0.4 is 0 Å². The molecule has 0 bridgehead atoms. The minimum absolute atomic E-state index is 0.0303. The van der Waals surface area contributed by atoms with E-state index in [-0.39, 0.29) is 23.4 Å². The lowest BCUT2D eigenvalue weighted by molar-refractivity contribution is -0.127. The van der Waals surface area contributed by atoms with E-state index >= 15 is 0 Å². The second kappa shape index (κ2) is 5.15. The topological polar surface area (TPSA) is 34.1 Å². The fourth-order valence-corrected chi connectivity index (χ4v) is 1.64. The second-order valence-electron chi connectivity index (χ2n) is 4.51. The fourth-order valence-electron chi connectivity index (χ4n) is 1.64. The summed E-state index contributed by atoms with van der Waals surface area (Å²) in [4.78, 5) is 22.0. The largest absolute Gasteiger partial charge is 0.300 e. The van der Waals surface area contributed by atoms with Gasteiger partial charge in [-0.25, -0.2) is 0 Å². The van der Waals surface area contributed by atoms with Crippen LogP contribution in [0.25, 0.3) is 0 Å². The van der Waals surface area contributed by atoms with Crippen LogP contribution in [0.2, 0.25) is 0 Å². The van der Waals surface area contributed by atoms with Gasteiger partial charge in [0.05, 0.1) is 6.42 Å². The average Bonchev–Trinajstić information content (AvgIpc) is 1.81. The highest BCUT2D eigenvalue weighted by Gasteiger charge is 2.21. The molecule has 0 saturated carbocycles. The summed E-state index contributed by atoms with van der Waals surface area (Å²) in [7, 11) is 0. The number of hydrogen-bond donors (Lipinski definition) is 0. The zero-order valence-electron chi connectivity index (χ0n) is 9.14. The highest BCUT2D eigenvalue weighted by Crippen LogP contribution is 2.27. The first-order valence-electron chi connectivity index (χ1n) is 4.88. The van der Waals surface area contributed by atoms with Crippen molar-refractivity contribution in [3.8, 4) is 0 Å². The van der Waals surface area contributed by atoms with Crippen molar-refractivity contribution in [2.45, 2.75) is 53.4 Å². The molecule has 0 aromatic heterocycles. The molecule has 0 aliphatic rings. The lowest BCUT2D eigenvalue weighted by Crippen LogP contribution is -2.18. The molecular weight excluding hydrogens is 164 g/mol. The Bertz CT molecular complexity index is 192. The molecular formula is C11H20O2. The van der Waals surface area contributed by atoms with Gasteiger partial charge in [0.25, 0.3) is 0 Å². The summed E-state index contributed by atoms with van der Waals surface area (Å²) in [5.74, 6) is 0.0447. The van der Waals surface area contributed by atoms with E-state index in [1.165, 1.54) is 6.92 Å². The molecule has 0 heterocycles. The van der Waals surface area contributed by atoms with Crippen molar-refractivity contribution in [1.82, 2.24) is 0 Å². The quantitative estimate of drug-likeness (QED) is 0.595. The van der Waals surface area contributed by atoms with Crippen molar-refractivity contribution in [3.05, 3.63) is 0 Å². The molecule has 2 nitrogen and oxygen atoms in total. The van der Waals surface area contributed by atoms with E-state index in [1.807, 2.05) is 0 Å². The van der Waals surface area contributed by atoms with Crippen LogP contribution in [0.5, 0.6) is 0 Å². The molecule has 0 rings (SSSR count). The molecule has 0 aliphatic carbocycles. The second-order valence-corrected chi connectivity index (χ2v) is 4.51. The van der Waals surface area contributed by atoms with Gasteiger partial charge in [0.1, 0.15) is 11.6 Å². The van der Waals surface area contributed by atoms with Gasteiger partial charge in [0.15, 0.2) is 0 Å². The summed E-state index contributed by atoms with van der Waals surface area (Å²) >= 11 is 0. The molecule has 0 spiro atoms. The number of rotatable bonds is 6. The molecule has 0 aromatic carbocycles. The third-order valence-corrected chi connectivity index (χ3v) is 2.05. The van der Waals surface area contributed by atoms with Crippen LogP contribution in [0.3, 0.4) is 0 Å². The Morgan fingerprint density at radius 2 is 1.77 bits per heavy atom. The number of hydrogen-bond acceptors (Lipinski definition) is 2. The Hall–Kier alpha value is -0.660. The first kappa shape index (κ1) is 12.3. The standard InChI is InChI=1S/C11H20O2/c1-5-6-11(3,4)8-10(13)7-9(2)12/h5-8H2,1-4H3. The first-order valence-corrected chi connectivity index (χ1v) is 4.88. The number of carbonyl (C=O) groups is 2. The molecule has 2 heteroatoms. The zero-order chi connectivity index (χ0) is 10.5. The van der Waals surface area contributed by atoms with Crippen molar-refractivity contribution in [1.29, 1.82) is 0 Å². The molecule has 0 atom stereocenters. The van der Waals surface area contributed by atoms with Crippen molar-refractivity contribution < 1.29 is 9.59 Å². The lowest BCUT2D eigenvalue weighted by Gasteiger charge is -2.22. The summed E-state index contributed by atoms with van der Waals surface area (Å²) in [5.41, 5.74) is 0.0568. The third kappa shape index (κ3) is 6.50. The Balaban J connectivity index is 3.96. The monoisotopic (exact) mass is 184 g/mol. The molecule has 76 valence electrons. The van der Waals surface area contributed by atoms with E-state index in [0.29, 0.717) is 6.42 Å². The van der Waals surface area contributed by atoms with Gasteiger partial charge in [-0.15, -0.1) is 0 Å². The summed E-state index contributed by atoms with van der Waals surface area (Å²) in [6.45, 7) is 7.73. The minimum Gasteiger partial charge on any atom is -0.300 e. The van der Waals surface area contributed by atoms with Crippen molar-refractivity contribution >= 4 is 11.6 Å². The number of carbonyl (C=O) groups excluding carboxylic acids is 2. The van der Waals surface area contributed by atoms with Crippen molar-refractivity contribution in [3.63, 3.8) is 0 Å². The van der Waals surface area contributed by atoms with E-state index in [9.17, 15) is 9.59 Å². The van der Waals surface area contributed by atoms with Crippen LogP contribution in [0.4, 0.5) is 0 Å². The molecule has 0 fully saturated rings. The van der Waals surface area contributed by atoms with Gasteiger partial charge in [-0.05, 0) is 18.8 Å². The van der Waals surface area contributed by atoms with Gasteiger partial charge in [0.2, 0.25) is 0 Å². The molecule has 0 aromatic rings. The molecule has 13 heavy (non-hydrogen) atoms. The summed E-state index contributed by atoms with van der Waals surface area (Å²) in [6.07, 6.45) is 2.75. The summed E-state index contributed by atoms with van der Waals surface area (Å²) in [6, 6.07) is 0. The SMILES string of the molecule is CCCC(C)(C)CC(=O)CC(C)=O. The minimum atomic E-state index is -0.0303. The zero-order valence-corrected chi connectivity index (χ0v) is 9.14. The maximum absolute atomic E-state index is 11.3. The Morgan fingerprint density at radius 3 is 2.15 bits per heavy atom. The molecule has 0 radical (unpaired) electrons. The van der Waals surface area contributed by atoms with Gasteiger partial charge in [-0.1, -0.05) is 27.2 Å². The van der Waals surface area contributed by atoms with Crippen LogP contribution in [-0.2, 0) is 9.59 Å². The van der Waals surface area contributed by atoms with E-state index in [4.69, 9.17) is 0 Å². The van der Waals surface area contributed by atoms with Gasteiger partial charge in [-0.2, -0.15) is 0 Å². The van der Waals surface area contributed by atoms with Crippen LogP contribution >= 0.6 is 0 Å². The van der Waals surface area contributed by atoms with Gasteiger partial charge in [-0.3, -0.25) is 9.59 Å². The first-order chi connectivity index (χ1) is 5.87. The maximum atomic E-state index is 11.3. The van der Waals surface area contributed by atoms with Crippen molar-refractivity contribution in [2.24, 2.45) is 5.41 Å². The Kier molecular flexibility index (Phi) is 4.89. The van der Waals surface area contributed by atoms with E-state index in [2.05, 4.69) is 20.8 Å². The smallest absolute Gasteiger partial charge is 0.140 e.